The van der Waals surface area contributed by atoms with Crippen molar-refractivity contribution in [2.24, 2.45) is 0 Å². The maximum Gasteiger partial charge on any atom is 0.120 e. The monoisotopic (exact) mass is 410 g/mol. The molecule has 2 N–H and O–H groups in total. The van der Waals surface area contributed by atoms with Gasteiger partial charge in [-0.1, -0.05) is 29.3 Å². The van der Waals surface area contributed by atoms with E-state index in [9.17, 15) is 0 Å². The van der Waals surface area contributed by atoms with Crippen molar-refractivity contribution in [2.75, 3.05) is 17.7 Å². The van der Waals surface area contributed by atoms with E-state index < -0.39 is 0 Å². The first kappa shape index (κ1) is 23.5. The Labute approximate surface area is 174 Å². The first-order chi connectivity index (χ1) is 12.3. The lowest BCUT2D eigenvalue weighted by Gasteiger charge is -2.23. The molecule has 0 fully saturated rings. The lowest BCUT2D eigenvalue weighted by Crippen LogP contribution is -2.26. The van der Waals surface area contributed by atoms with Crippen LogP contribution in [-0.2, 0) is 0 Å². The van der Waals surface area contributed by atoms with Gasteiger partial charge in [0, 0.05) is 17.1 Å². The highest BCUT2D eigenvalue weighted by Gasteiger charge is 2.12. The molecule has 0 amide bonds. The zero-order valence-electron chi connectivity index (χ0n) is 17.6. The smallest absolute Gasteiger partial charge is 0.120 e. The van der Waals surface area contributed by atoms with Gasteiger partial charge < -0.3 is 15.4 Å². The molecule has 0 bridgehead atoms. The molecule has 0 aromatic heterocycles. The van der Waals surface area contributed by atoms with Gasteiger partial charge in [-0.3, -0.25) is 0 Å². The van der Waals surface area contributed by atoms with Crippen LogP contribution in [0.3, 0.4) is 0 Å². The second kappa shape index (κ2) is 9.57. The summed E-state index contributed by atoms with van der Waals surface area (Å²) in [4.78, 5) is 0. The van der Waals surface area contributed by atoms with Crippen LogP contribution in [0.2, 0.25) is 10.0 Å². The van der Waals surface area contributed by atoms with Crippen molar-refractivity contribution in [1.29, 1.82) is 0 Å². The molecule has 5 heteroatoms. The van der Waals surface area contributed by atoms with Gasteiger partial charge in [0.05, 0.1) is 28.5 Å². The average molecular weight is 411 g/mol. The van der Waals surface area contributed by atoms with E-state index in [1.807, 2.05) is 31.2 Å². The zero-order chi connectivity index (χ0) is 20.8. The van der Waals surface area contributed by atoms with Crippen LogP contribution in [0.25, 0.3) is 0 Å². The topological polar surface area (TPSA) is 33.3 Å². The third-order valence-corrected chi connectivity index (χ3v) is 3.95. The van der Waals surface area contributed by atoms with Crippen LogP contribution in [0, 0.1) is 6.92 Å². The highest BCUT2D eigenvalue weighted by atomic mass is 35.5. The summed E-state index contributed by atoms with van der Waals surface area (Å²) in [5, 5.41) is 8.12. The molecular formula is C22H32Cl2N2O. The number of halogens is 2. The number of benzene rings is 2. The quantitative estimate of drug-likeness (QED) is 0.551. The average Bonchev–Trinajstić information content (AvgIpc) is 2.50. The molecule has 150 valence electrons. The van der Waals surface area contributed by atoms with Crippen molar-refractivity contribution in [3.8, 4) is 5.75 Å². The third-order valence-electron chi connectivity index (χ3n) is 3.32. The minimum absolute atomic E-state index is 0.0121. The standard InChI is InChI=1S/C11H16ClNO.C11H16ClN/c1-11(2,3)13-10-6-5-8(14-4)7-9(10)12;1-8-5-6-10(9(12)7-8)13-11(2,3)4/h5-7,13H,1-4H3;5-7,13H,1-4H3. The van der Waals surface area contributed by atoms with E-state index in [0.29, 0.717) is 5.02 Å². The van der Waals surface area contributed by atoms with E-state index >= 15 is 0 Å². The van der Waals surface area contributed by atoms with Crippen LogP contribution in [-0.4, -0.2) is 18.2 Å². The molecule has 0 aliphatic carbocycles. The largest absolute Gasteiger partial charge is 0.497 e. The van der Waals surface area contributed by atoms with E-state index in [-0.39, 0.29) is 11.1 Å². The fourth-order valence-electron chi connectivity index (χ4n) is 2.25. The number of ether oxygens (including phenoxy) is 1. The summed E-state index contributed by atoms with van der Waals surface area (Å²) in [6.07, 6.45) is 0. The third kappa shape index (κ3) is 9.25. The van der Waals surface area contributed by atoms with Gasteiger partial charge in [0.15, 0.2) is 0 Å². The Morgan fingerprint density at radius 1 is 0.741 bits per heavy atom. The summed E-state index contributed by atoms with van der Waals surface area (Å²) >= 11 is 12.1. The minimum atomic E-state index is 0.0121. The highest BCUT2D eigenvalue weighted by Crippen LogP contribution is 2.28. The van der Waals surface area contributed by atoms with Crippen molar-refractivity contribution >= 4 is 34.6 Å². The molecule has 0 radical (unpaired) electrons. The van der Waals surface area contributed by atoms with Crippen molar-refractivity contribution in [1.82, 2.24) is 0 Å². The van der Waals surface area contributed by atoms with Gasteiger partial charge in [-0.25, -0.2) is 0 Å². The van der Waals surface area contributed by atoms with Crippen LogP contribution in [0.4, 0.5) is 11.4 Å². The summed E-state index contributed by atoms with van der Waals surface area (Å²) in [6, 6.07) is 11.7. The number of methoxy groups -OCH3 is 1. The second-order valence-electron chi connectivity index (χ2n) is 8.58. The number of hydrogen-bond acceptors (Lipinski definition) is 3. The predicted molar refractivity (Wildman–Crippen MR) is 121 cm³/mol. The fourth-order valence-corrected chi connectivity index (χ4v) is 2.75. The Bertz CT molecular complexity index is 747. The van der Waals surface area contributed by atoms with Gasteiger partial charge in [0.1, 0.15) is 5.75 Å². The van der Waals surface area contributed by atoms with Gasteiger partial charge in [0.25, 0.3) is 0 Å². The number of rotatable bonds is 3. The number of anilines is 2. The number of aryl methyl sites for hydroxylation is 1. The van der Waals surface area contributed by atoms with Gasteiger partial charge in [0.2, 0.25) is 0 Å². The van der Waals surface area contributed by atoms with E-state index in [1.54, 1.807) is 13.2 Å². The van der Waals surface area contributed by atoms with Gasteiger partial charge in [-0.2, -0.15) is 0 Å². The molecule has 27 heavy (non-hydrogen) atoms. The maximum atomic E-state index is 6.07. The Balaban J connectivity index is 0.000000271. The maximum absolute atomic E-state index is 6.07. The summed E-state index contributed by atoms with van der Waals surface area (Å²) in [6.45, 7) is 14.6. The molecule has 2 aromatic carbocycles. The fraction of sp³-hybridized carbons (Fsp3) is 0.455. The number of nitrogens with one attached hydrogen (secondary N) is 2. The molecule has 0 heterocycles. The minimum Gasteiger partial charge on any atom is -0.497 e. The van der Waals surface area contributed by atoms with Gasteiger partial charge >= 0.3 is 0 Å². The van der Waals surface area contributed by atoms with Crippen LogP contribution in [0.5, 0.6) is 5.75 Å². The normalized spacial score (nSPS) is 11.3. The molecule has 0 atom stereocenters. The van der Waals surface area contributed by atoms with Crippen molar-refractivity contribution in [3.05, 3.63) is 52.0 Å². The molecule has 0 unspecified atom stereocenters. The van der Waals surface area contributed by atoms with Crippen LogP contribution >= 0.6 is 23.2 Å². The van der Waals surface area contributed by atoms with Gasteiger partial charge in [-0.05, 0) is 78.3 Å². The lowest BCUT2D eigenvalue weighted by molar-refractivity contribution is 0.415. The second-order valence-corrected chi connectivity index (χ2v) is 9.39. The summed E-state index contributed by atoms with van der Waals surface area (Å²) in [5.41, 5.74) is 3.18. The zero-order valence-corrected chi connectivity index (χ0v) is 19.1. The van der Waals surface area contributed by atoms with E-state index in [4.69, 9.17) is 27.9 Å². The first-order valence-electron chi connectivity index (χ1n) is 8.97. The molecule has 3 nitrogen and oxygen atoms in total. The van der Waals surface area contributed by atoms with E-state index in [2.05, 4.69) is 58.2 Å². The SMILES string of the molecule is COc1ccc(NC(C)(C)C)c(Cl)c1.Cc1ccc(NC(C)(C)C)c(Cl)c1. The highest BCUT2D eigenvalue weighted by molar-refractivity contribution is 6.33. The molecule has 0 spiro atoms. The first-order valence-corrected chi connectivity index (χ1v) is 9.72. The molecule has 0 aliphatic heterocycles. The van der Waals surface area contributed by atoms with Crippen molar-refractivity contribution in [3.63, 3.8) is 0 Å². The molecule has 2 aromatic rings. The molecule has 2 rings (SSSR count). The lowest BCUT2D eigenvalue weighted by atomic mass is 10.1. The Morgan fingerprint density at radius 2 is 1.19 bits per heavy atom. The summed E-state index contributed by atoms with van der Waals surface area (Å²) in [5.74, 6) is 0.773. The molecule has 0 saturated carbocycles. The molecular weight excluding hydrogens is 379 g/mol. The van der Waals surface area contributed by atoms with Crippen LogP contribution in [0.1, 0.15) is 47.1 Å². The summed E-state index contributed by atoms with van der Waals surface area (Å²) in [7, 11) is 1.63. The number of hydrogen-bond donors (Lipinski definition) is 2. The van der Waals surface area contributed by atoms with Gasteiger partial charge in [-0.15, -0.1) is 0 Å². The van der Waals surface area contributed by atoms with Crippen molar-refractivity contribution < 1.29 is 4.74 Å². The van der Waals surface area contributed by atoms with E-state index in [0.717, 1.165) is 22.1 Å². The van der Waals surface area contributed by atoms with Crippen LogP contribution < -0.4 is 15.4 Å². The van der Waals surface area contributed by atoms with E-state index in [1.165, 1.54) is 5.56 Å². The molecule has 0 saturated heterocycles. The van der Waals surface area contributed by atoms with Crippen molar-refractivity contribution in [2.45, 2.75) is 59.5 Å². The predicted octanol–water partition coefficient (Wildman–Crippen LogP) is 7.42. The Morgan fingerprint density at radius 3 is 1.56 bits per heavy atom. The Hall–Kier alpha value is -1.58. The summed E-state index contributed by atoms with van der Waals surface area (Å²) < 4.78 is 5.07. The molecule has 0 aliphatic rings. The van der Waals surface area contributed by atoms with Crippen LogP contribution in [0.15, 0.2) is 36.4 Å². The Kier molecular flexibility index (Phi) is 8.31.